The van der Waals surface area contributed by atoms with Crippen molar-refractivity contribution in [3.63, 3.8) is 0 Å². The van der Waals surface area contributed by atoms with E-state index >= 15 is 0 Å². The molecule has 0 atom stereocenters. The number of thiol groups is 1. The van der Waals surface area contributed by atoms with E-state index in [2.05, 4.69) is 15.1 Å². The standard InChI is InChI=1S/C11H9ClN2.H3NO2S/c1-8-4-2-3-5-9(8)10-6-13-7-11(12)14-10;1-4(2)3/h2-7H,1H3;4H,(H2,1,2,3). The minimum atomic E-state index is -2.62. The van der Waals surface area contributed by atoms with E-state index in [9.17, 15) is 0 Å². The summed E-state index contributed by atoms with van der Waals surface area (Å²) in [6.07, 6.45) is 3.25. The van der Waals surface area contributed by atoms with Gasteiger partial charge in [0.2, 0.25) is 0 Å². The lowest BCUT2D eigenvalue weighted by Gasteiger charge is -2.03. The molecule has 1 heterocycles. The van der Waals surface area contributed by atoms with Gasteiger partial charge in [-0.2, -0.15) is 0 Å². The van der Waals surface area contributed by atoms with Gasteiger partial charge in [-0.05, 0) is 12.5 Å². The van der Waals surface area contributed by atoms with E-state index in [1.807, 2.05) is 31.2 Å². The molecule has 1 aromatic heterocycles. The Morgan fingerprint density at radius 3 is 2.39 bits per heavy atom. The average molecular weight is 286 g/mol. The predicted octanol–water partition coefficient (Wildman–Crippen LogP) is 1.58. The summed E-state index contributed by atoms with van der Waals surface area (Å²) in [6, 6.07) is 8.02. The number of hydrogen-bond acceptors (Lipinski definition) is 4. The van der Waals surface area contributed by atoms with Gasteiger partial charge >= 0.3 is 0 Å². The Morgan fingerprint density at radius 1 is 1.22 bits per heavy atom. The van der Waals surface area contributed by atoms with Crippen molar-refractivity contribution in [3.05, 3.63) is 47.4 Å². The van der Waals surface area contributed by atoms with Crippen LogP contribution in [0.15, 0.2) is 36.7 Å². The van der Waals surface area contributed by atoms with Crippen molar-refractivity contribution in [2.45, 2.75) is 6.92 Å². The van der Waals surface area contributed by atoms with E-state index in [0.29, 0.717) is 5.15 Å². The van der Waals surface area contributed by atoms with Gasteiger partial charge in [0.05, 0.1) is 18.1 Å². The molecule has 0 radical (unpaired) electrons. The highest BCUT2D eigenvalue weighted by atomic mass is 35.5. The average Bonchev–Trinajstić information content (AvgIpc) is 2.29. The summed E-state index contributed by atoms with van der Waals surface area (Å²) in [5.41, 5.74) is 3.06. The Labute approximate surface area is 112 Å². The molecule has 5 nitrogen and oxygen atoms in total. The normalized spacial score (nSPS) is 9.78. The van der Waals surface area contributed by atoms with E-state index in [0.717, 1.165) is 11.3 Å². The number of halogens is 1. The van der Waals surface area contributed by atoms with Crippen molar-refractivity contribution in [1.29, 1.82) is 0 Å². The summed E-state index contributed by atoms with van der Waals surface area (Å²) in [5, 5.41) is 4.49. The maximum absolute atomic E-state index is 8.81. The predicted molar refractivity (Wildman–Crippen MR) is 71.7 cm³/mol. The zero-order chi connectivity index (χ0) is 13.5. The molecule has 0 saturated heterocycles. The van der Waals surface area contributed by atoms with Gasteiger partial charge in [-0.3, -0.25) is 4.98 Å². The number of nitrogens with two attached hydrogens (primary N) is 1. The van der Waals surface area contributed by atoms with Crippen molar-refractivity contribution >= 4 is 22.5 Å². The molecule has 0 bridgehead atoms. The third kappa shape index (κ3) is 4.79. The second-order valence-electron chi connectivity index (χ2n) is 3.33. The SMILES string of the molecule is Cc1ccccc1-c1cncc(Cl)n1.N[SH](=O)=O. The summed E-state index contributed by atoms with van der Waals surface area (Å²) >= 11 is 5.77. The van der Waals surface area contributed by atoms with Crippen molar-refractivity contribution in [2.75, 3.05) is 0 Å². The van der Waals surface area contributed by atoms with Crippen LogP contribution in [0.2, 0.25) is 5.15 Å². The topological polar surface area (TPSA) is 85.9 Å². The van der Waals surface area contributed by atoms with Gasteiger partial charge in [0.1, 0.15) is 5.15 Å². The molecule has 0 aliphatic carbocycles. The van der Waals surface area contributed by atoms with Crippen LogP contribution < -0.4 is 5.14 Å². The first kappa shape index (κ1) is 14.6. The monoisotopic (exact) mass is 285 g/mol. The minimum Gasteiger partial charge on any atom is -0.259 e. The molecular formula is C11H12ClN3O2S. The summed E-state index contributed by atoms with van der Waals surface area (Å²) in [7, 11) is -2.62. The fourth-order valence-electron chi connectivity index (χ4n) is 1.33. The number of aromatic nitrogens is 2. The Hall–Kier alpha value is -1.50. The first-order valence-electron chi connectivity index (χ1n) is 4.93. The summed E-state index contributed by atoms with van der Waals surface area (Å²) < 4.78 is 17.6. The molecule has 0 aliphatic rings. The Balaban J connectivity index is 0.000000357. The second-order valence-corrected chi connectivity index (χ2v) is 4.29. The highest BCUT2D eigenvalue weighted by Crippen LogP contribution is 2.20. The Bertz CT molecular complexity index is 594. The molecule has 0 unspecified atom stereocenters. The molecule has 2 N–H and O–H groups in total. The Morgan fingerprint density at radius 2 is 1.83 bits per heavy atom. The number of hydrogen-bond donors (Lipinski definition) is 2. The van der Waals surface area contributed by atoms with E-state index < -0.39 is 10.9 Å². The molecule has 0 spiro atoms. The van der Waals surface area contributed by atoms with Crippen LogP contribution in [-0.4, -0.2) is 18.4 Å². The van der Waals surface area contributed by atoms with Crippen LogP contribution in [0.5, 0.6) is 0 Å². The quantitative estimate of drug-likeness (QED) is 0.779. The largest absolute Gasteiger partial charge is 0.259 e. The molecule has 0 saturated carbocycles. The molecule has 7 heteroatoms. The van der Waals surface area contributed by atoms with E-state index in [1.165, 1.54) is 11.8 Å². The van der Waals surface area contributed by atoms with E-state index in [-0.39, 0.29) is 0 Å². The fraction of sp³-hybridized carbons (Fsp3) is 0.0909. The third-order valence-corrected chi connectivity index (χ3v) is 2.21. The second kappa shape index (κ2) is 7.05. The highest BCUT2D eigenvalue weighted by molar-refractivity contribution is 7.69. The molecular weight excluding hydrogens is 274 g/mol. The lowest BCUT2D eigenvalue weighted by Crippen LogP contribution is -1.88. The maximum atomic E-state index is 8.81. The molecule has 2 aromatic rings. The van der Waals surface area contributed by atoms with Crippen LogP contribution in [-0.2, 0) is 10.9 Å². The van der Waals surface area contributed by atoms with Crippen LogP contribution >= 0.6 is 11.6 Å². The smallest absolute Gasteiger partial charge is 0.198 e. The maximum Gasteiger partial charge on any atom is 0.198 e. The van der Waals surface area contributed by atoms with Crippen LogP contribution in [0.25, 0.3) is 11.3 Å². The van der Waals surface area contributed by atoms with Crippen molar-refractivity contribution < 1.29 is 8.42 Å². The van der Waals surface area contributed by atoms with Gasteiger partial charge in [-0.25, -0.2) is 18.5 Å². The molecule has 18 heavy (non-hydrogen) atoms. The summed E-state index contributed by atoms with van der Waals surface area (Å²) in [4.78, 5) is 8.21. The molecule has 2 rings (SSSR count). The molecule has 96 valence electrons. The number of benzene rings is 1. The zero-order valence-electron chi connectivity index (χ0n) is 9.58. The van der Waals surface area contributed by atoms with Gasteiger partial charge in [-0.1, -0.05) is 35.9 Å². The number of rotatable bonds is 1. The van der Waals surface area contributed by atoms with Crippen molar-refractivity contribution in [3.8, 4) is 11.3 Å². The summed E-state index contributed by atoms with van der Waals surface area (Å²) in [6.45, 7) is 2.04. The van der Waals surface area contributed by atoms with Crippen molar-refractivity contribution in [1.82, 2.24) is 9.97 Å². The molecule has 0 aliphatic heterocycles. The van der Waals surface area contributed by atoms with Crippen LogP contribution in [0.1, 0.15) is 5.56 Å². The third-order valence-electron chi connectivity index (χ3n) is 2.03. The lowest BCUT2D eigenvalue weighted by atomic mass is 10.1. The van der Waals surface area contributed by atoms with Gasteiger partial charge in [0.15, 0.2) is 10.9 Å². The fourth-order valence-corrected chi connectivity index (χ4v) is 1.48. The van der Waals surface area contributed by atoms with E-state index in [4.69, 9.17) is 20.0 Å². The molecule has 1 aromatic carbocycles. The van der Waals surface area contributed by atoms with Crippen molar-refractivity contribution in [2.24, 2.45) is 5.14 Å². The first-order valence-corrected chi connectivity index (χ1v) is 6.56. The van der Waals surface area contributed by atoms with Gasteiger partial charge in [-0.15, -0.1) is 0 Å². The van der Waals surface area contributed by atoms with E-state index in [1.54, 1.807) is 6.20 Å². The van der Waals surface area contributed by atoms with Crippen LogP contribution in [0.3, 0.4) is 0 Å². The number of aryl methyl sites for hydroxylation is 1. The van der Waals surface area contributed by atoms with Gasteiger partial charge in [0, 0.05) is 5.56 Å². The molecule has 0 fully saturated rings. The van der Waals surface area contributed by atoms with Crippen LogP contribution in [0.4, 0.5) is 0 Å². The number of nitrogens with zero attached hydrogens (tertiary/aromatic N) is 2. The summed E-state index contributed by atoms with van der Waals surface area (Å²) in [5.74, 6) is 0. The zero-order valence-corrected chi connectivity index (χ0v) is 11.2. The van der Waals surface area contributed by atoms with Gasteiger partial charge < -0.3 is 0 Å². The Kier molecular flexibility index (Phi) is 5.70. The first-order chi connectivity index (χ1) is 8.50. The lowest BCUT2D eigenvalue weighted by molar-refractivity contribution is 0.616. The van der Waals surface area contributed by atoms with Crippen LogP contribution in [0, 0.1) is 6.92 Å². The van der Waals surface area contributed by atoms with Gasteiger partial charge in [0.25, 0.3) is 0 Å². The molecule has 0 amide bonds. The minimum absolute atomic E-state index is 0.422. The highest BCUT2D eigenvalue weighted by Gasteiger charge is 2.02.